The molecule has 3 rings (SSSR count). The van der Waals surface area contributed by atoms with Crippen molar-refractivity contribution in [2.45, 2.75) is 43.0 Å². The van der Waals surface area contributed by atoms with Gasteiger partial charge < -0.3 is 14.8 Å². The van der Waals surface area contributed by atoms with Crippen molar-refractivity contribution in [1.29, 1.82) is 0 Å². The zero-order valence-electron chi connectivity index (χ0n) is 13.9. The highest BCUT2D eigenvalue weighted by atomic mass is 32.2. The number of nitrogens with zero attached hydrogens (tertiary/aromatic N) is 2. The lowest BCUT2D eigenvalue weighted by molar-refractivity contribution is -0.311. The number of hydrogen-bond donors (Lipinski definition) is 0. The number of piperidine rings is 1. The Morgan fingerprint density at radius 1 is 0.960 bits per heavy atom. The number of hydrogen-bond acceptors (Lipinski definition) is 5. The second-order valence-electron chi connectivity index (χ2n) is 6.46. The minimum atomic E-state index is -3.53. The highest BCUT2D eigenvalue weighted by molar-refractivity contribution is 7.89. The van der Waals surface area contributed by atoms with Crippen molar-refractivity contribution in [2.75, 3.05) is 19.6 Å². The Morgan fingerprint density at radius 3 is 2.16 bits per heavy atom. The Kier molecular flexibility index (Phi) is 5.10. The fourth-order valence-electron chi connectivity index (χ4n) is 3.43. The second kappa shape index (κ2) is 7.13. The maximum absolute atomic E-state index is 12.6. The van der Waals surface area contributed by atoms with Gasteiger partial charge in [-0.25, -0.2) is 8.42 Å². The summed E-state index contributed by atoms with van der Waals surface area (Å²) in [4.78, 5) is 25.3. The number of likely N-dealkylation sites (tertiary alicyclic amines) is 1. The van der Waals surface area contributed by atoms with Crippen LogP contribution in [-0.4, -0.2) is 55.2 Å². The summed E-state index contributed by atoms with van der Waals surface area (Å²) in [5, 5.41) is 11.2. The molecule has 0 N–H and O–H groups in total. The number of carboxylic acid groups (broad SMARTS) is 1. The van der Waals surface area contributed by atoms with Crippen LogP contribution in [-0.2, 0) is 14.8 Å². The van der Waals surface area contributed by atoms with Crippen LogP contribution in [0.4, 0.5) is 0 Å². The van der Waals surface area contributed by atoms with Crippen LogP contribution in [0.2, 0.25) is 0 Å². The van der Waals surface area contributed by atoms with Crippen LogP contribution in [0.3, 0.4) is 0 Å². The first-order chi connectivity index (χ1) is 11.9. The first-order valence-electron chi connectivity index (χ1n) is 8.53. The van der Waals surface area contributed by atoms with Crippen LogP contribution >= 0.6 is 0 Å². The van der Waals surface area contributed by atoms with Gasteiger partial charge in [0.05, 0.1) is 16.9 Å². The third kappa shape index (κ3) is 3.55. The van der Waals surface area contributed by atoms with Gasteiger partial charge in [0.15, 0.2) is 0 Å². The van der Waals surface area contributed by atoms with Gasteiger partial charge in [-0.05, 0) is 56.4 Å². The number of amides is 1. The maximum Gasteiger partial charge on any atom is 0.254 e. The van der Waals surface area contributed by atoms with E-state index in [9.17, 15) is 23.1 Å². The van der Waals surface area contributed by atoms with Crippen molar-refractivity contribution < 1.29 is 23.1 Å². The van der Waals surface area contributed by atoms with Gasteiger partial charge in [-0.3, -0.25) is 4.79 Å². The molecule has 7 nitrogen and oxygen atoms in total. The van der Waals surface area contributed by atoms with Crippen molar-refractivity contribution in [3.8, 4) is 0 Å². The molecule has 0 unspecified atom stereocenters. The number of carbonyl (C=O) groups is 2. The fourth-order valence-corrected chi connectivity index (χ4v) is 4.95. The fraction of sp³-hybridized carbons (Fsp3) is 0.529. The van der Waals surface area contributed by atoms with Gasteiger partial charge in [0.2, 0.25) is 10.0 Å². The van der Waals surface area contributed by atoms with E-state index in [-0.39, 0.29) is 10.5 Å². The molecule has 8 heteroatoms. The Hall–Kier alpha value is -1.93. The standard InChI is InChI=1S/C17H22N2O5S/c20-16(19-12-2-1-5-15(19)17(21)22)13-6-8-14(9-7-13)25(23,24)18-10-3-4-11-18/h6-9,15H,1-5,10-12H2,(H,21,22)/p-1/t15-/m0/s1. The summed E-state index contributed by atoms with van der Waals surface area (Å²) in [5.41, 5.74) is 0.286. The van der Waals surface area contributed by atoms with Crippen LogP contribution in [0.1, 0.15) is 42.5 Å². The summed E-state index contributed by atoms with van der Waals surface area (Å²) in [6.07, 6.45) is 3.59. The normalized spacial score (nSPS) is 22.1. The van der Waals surface area contributed by atoms with Crippen LogP contribution in [0.25, 0.3) is 0 Å². The lowest BCUT2D eigenvalue weighted by atomic mass is 10.0. The summed E-state index contributed by atoms with van der Waals surface area (Å²) in [6.45, 7) is 1.40. The lowest BCUT2D eigenvalue weighted by Crippen LogP contribution is -2.52. The molecule has 2 saturated heterocycles. The van der Waals surface area contributed by atoms with Gasteiger partial charge in [-0.2, -0.15) is 4.31 Å². The van der Waals surface area contributed by atoms with Crippen molar-refractivity contribution in [1.82, 2.24) is 9.21 Å². The molecule has 0 aliphatic carbocycles. The molecule has 1 aromatic rings. The zero-order chi connectivity index (χ0) is 18.0. The lowest BCUT2D eigenvalue weighted by Gasteiger charge is -2.36. The third-order valence-corrected chi connectivity index (χ3v) is 6.75. The summed E-state index contributed by atoms with van der Waals surface area (Å²) in [5.74, 6) is -1.65. The molecule has 0 bridgehead atoms. The van der Waals surface area contributed by atoms with E-state index >= 15 is 0 Å². The highest BCUT2D eigenvalue weighted by Gasteiger charge is 2.30. The summed E-state index contributed by atoms with van der Waals surface area (Å²) in [6, 6.07) is 4.81. The van der Waals surface area contributed by atoms with E-state index in [1.807, 2.05) is 0 Å². The molecule has 0 saturated carbocycles. The number of carboxylic acids is 1. The minimum Gasteiger partial charge on any atom is -0.548 e. The summed E-state index contributed by atoms with van der Waals surface area (Å²) in [7, 11) is -3.53. The Morgan fingerprint density at radius 2 is 1.56 bits per heavy atom. The van der Waals surface area contributed by atoms with E-state index in [1.165, 1.54) is 33.5 Å². The molecule has 136 valence electrons. The topological polar surface area (TPSA) is 97.8 Å². The minimum absolute atomic E-state index is 0.154. The molecule has 0 radical (unpaired) electrons. The molecule has 25 heavy (non-hydrogen) atoms. The van der Waals surface area contributed by atoms with Crippen molar-refractivity contribution in [3.05, 3.63) is 29.8 Å². The van der Waals surface area contributed by atoms with E-state index in [0.717, 1.165) is 25.7 Å². The molecular formula is C17H21N2O5S-. The maximum atomic E-state index is 12.6. The Bertz CT molecular complexity index is 754. The first kappa shape index (κ1) is 17.9. The molecule has 1 aromatic carbocycles. The number of rotatable bonds is 4. The summed E-state index contributed by atoms with van der Waals surface area (Å²) >= 11 is 0. The van der Waals surface area contributed by atoms with Crippen LogP contribution < -0.4 is 5.11 Å². The monoisotopic (exact) mass is 365 g/mol. The number of sulfonamides is 1. The van der Waals surface area contributed by atoms with Gasteiger partial charge in [-0.1, -0.05) is 0 Å². The predicted octanol–water partition coefficient (Wildman–Crippen LogP) is 0.216. The average molecular weight is 365 g/mol. The van der Waals surface area contributed by atoms with E-state index in [4.69, 9.17) is 0 Å². The van der Waals surface area contributed by atoms with Gasteiger partial charge in [0.1, 0.15) is 0 Å². The van der Waals surface area contributed by atoms with Crippen molar-refractivity contribution >= 4 is 21.9 Å². The Balaban J connectivity index is 1.79. The number of carbonyl (C=O) groups excluding carboxylic acids is 2. The smallest absolute Gasteiger partial charge is 0.254 e. The molecule has 1 amide bonds. The third-order valence-electron chi connectivity index (χ3n) is 4.84. The predicted molar refractivity (Wildman–Crippen MR) is 88.1 cm³/mol. The molecule has 2 heterocycles. The number of benzene rings is 1. The average Bonchev–Trinajstić information content (AvgIpc) is 3.16. The SMILES string of the molecule is O=C([O-])[C@@H]1CCCCN1C(=O)c1ccc(S(=O)(=O)N2CCCC2)cc1. The second-order valence-corrected chi connectivity index (χ2v) is 8.40. The molecule has 0 spiro atoms. The van der Waals surface area contributed by atoms with Gasteiger partial charge in [-0.15, -0.1) is 0 Å². The van der Waals surface area contributed by atoms with Crippen molar-refractivity contribution in [2.24, 2.45) is 0 Å². The van der Waals surface area contributed by atoms with E-state index in [0.29, 0.717) is 26.1 Å². The molecule has 0 aromatic heterocycles. The molecule has 1 atom stereocenters. The van der Waals surface area contributed by atoms with Crippen LogP contribution in [0.15, 0.2) is 29.2 Å². The van der Waals surface area contributed by atoms with Crippen LogP contribution in [0, 0.1) is 0 Å². The van der Waals surface area contributed by atoms with Gasteiger partial charge in [0, 0.05) is 25.2 Å². The Labute approximate surface area is 147 Å². The largest absolute Gasteiger partial charge is 0.548 e. The molecule has 2 aliphatic rings. The quantitative estimate of drug-likeness (QED) is 0.760. The number of aliphatic carboxylic acids is 1. The van der Waals surface area contributed by atoms with Gasteiger partial charge in [0.25, 0.3) is 5.91 Å². The van der Waals surface area contributed by atoms with E-state index in [2.05, 4.69) is 0 Å². The van der Waals surface area contributed by atoms with Crippen LogP contribution in [0.5, 0.6) is 0 Å². The molecule has 2 aliphatic heterocycles. The first-order valence-corrected chi connectivity index (χ1v) is 9.97. The van der Waals surface area contributed by atoms with E-state index in [1.54, 1.807) is 0 Å². The zero-order valence-corrected chi connectivity index (χ0v) is 14.7. The van der Waals surface area contributed by atoms with Crippen molar-refractivity contribution in [3.63, 3.8) is 0 Å². The van der Waals surface area contributed by atoms with E-state index < -0.39 is 27.9 Å². The summed E-state index contributed by atoms with van der Waals surface area (Å²) < 4.78 is 26.5. The van der Waals surface area contributed by atoms with Gasteiger partial charge >= 0.3 is 0 Å². The molecular weight excluding hydrogens is 344 g/mol. The highest BCUT2D eigenvalue weighted by Crippen LogP contribution is 2.23. The molecule has 2 fully saturated rings.